The van der Waals surface area contributed by atoms with E-state index in [1.165, 1.54) is 23.1 Å². The molecule has 0 spiro atoms. The standard InChI is InChI=1S/C17H28N2/c1-6-16-10-18-17(4,5)12-19(16)11-15-9-13(2)7-8-14(15)3/h7-9,16,18H,6,10-12H2,1-5H3. The number of nitrogens with one attached hydrogen (secondary N) is 1. The van der Waals surface area contributed by atoms with E-state index in [4.69, 9.17) is 0 Å². The number of benzene rings is 1. The van der Waals surface area contributed by atoms with E-state index >= 15 is 0 Å². The molecule has 1 aliphatic heterocycles. The molecule has 1 aromatic rings. The molecule has 0 saturated carbocycles. The number of rotatable bonds is 3. The van der Waals surface area contributed by atoms with Crippen molar-refractivity contribution in [1.82, 2.24) is 10.2 Å². The van der Waals surface area contributed by atoms with Gasteiger partial charge in [-0.05, 0) is 45.2 Å². The SMILES string of the molecule is CCC1CNC(C)(C)CN1Cc1cc(C)ccc1C. The van der Waals surface area contributed by atoms with Gasteiger partial charge in [0.25, 0.3) is 0 Å². The van der Waals surface area contributed by atoms with Crippen LogP contribution in [0.4, 0.5) is 0 Å². The van der Waals surface area contributed by atoms with E-state index in [1.54, 1.807) is 0 Å². The summed E-state index contributed by atoms with van der Waals surface area (Å²) in [5.74, 6) is 0. The van der Waals surface area contributed by atoms with E-state index in [-0.39, 0.29) is 5.54 Å². The van der Waals surface area contributed by atoms with Crippen LogP contribution in [0.1, 0.15) is 43.9 Å². The van der Waals surface area contributed by atoms with E-state index in [9.17, 15) is 0 Å². The molecule has 2 heteroatoms. The van der Waals surface area contributed by atoms with Crippen molar-refractivity contribution in [3.05, 3.63) is 34.9 Å². The number of nitrogens with zero attached hydrogens (tertiary/aromatic N) is 1. The summed E-state index contributed by atoms with van der Waals surface area (Å²) < 4.78 is 0. The Morgan fingerprint density at radius 2 is 2.05 bits per heavy atom. The van der Waals surface area contributed by atoms with Crippen molar-refractivity contribution in [2.75, 3.05) is 13.1 Å². The largest absolute Gasteiger partial charge is 0.309 e. The van der Waals surface area contributed by atoms with Crippen molar-refractivity contribution in [3.63, 3.8) is 0 Å². The molecular formula is C17H28N2. The predicted molar refractivity (Wildman–Crippen MR) is 82.5 cm³/mol. The third-order valence-corrected chi connectivity index (χ3v) is 4.28. The van der Waals surface area contributed by atoms with Crippen molar-refractivity contribution in [1.29, 1.82) is 0 Å². The highest BCUT2D eigenvalue weighted by molar-refractivity contribution is 5.30. The minimum Gasteiger partial charge on any atom is -0.309 e. The molecule has 2 rings (SSSR count). The lowest BCUT2D eigenvalue weighted by Gasteiger charge is -2.44. The third kappa shape index (κ3) is 3.58. The maximum Gasteiger partial charge on any atom is 0.0253 e. The maximum atomic E-state index is 3.66. The van der Waals surface area contributed by atoms with Gasteiger partial charge >= 0.3 is 0 Å². The minimum absolute atomic E-state index is 0.226. The predicted octanol–water partition coefficient (Wildman–Crippen LogP) is 3.27. The van der Waals surface area contributed by atoms with Crippen molar-refractivity contribution in [3.8, 4) is 0 Å². The van der Waals surface area contributed by atoms with Crippen LogP contribution in [0.5, 0.6) is 0 Å². The second-order valence-corrected chi connectivity index (χ2v) is 6.66. The van der Waals surface area contributed by atoms with E-state index in [2.05, 4.69) is 63.0 Å². The highest BCUT2D eigenvalue weighted by Crippen LogP contribution is 2.21. The van der Waals surface area contributed by atoms with Crippen LogP contribution in [0.3, 0.4) is 0 Å². The van der Waals surface area contributed by atoms with Crippen LogP contribution in [0.25, 0.3) is 0 Å². The Labute approximate surface area is 118 Å². The van der Waals surface area contributed by atoms with Gasteiger partial charge in [0.2, 0.25) is 0 Å². The summed E-state index contributed by atoms with van der Waals surface area (Å²) >= 11 is 0. The summed E-state index contributed by atoms with van der Waals surface area (Å²) in [7, 11) is 0. The molecule has 1 aromatic carbocycles. The first kappa shape index (κ1) is 14.5. The molecule has 106 valence electrons. The van der Waals surface area contributed by atoms with E-state index < -0.39 is 0 Å². The molecule has 19 heavy (non-hydrogen) atoms. The summed E-state index contributed by atoms with van der Waals surface area (Å²) in [5.41, 5.74) is 4.49. The van der Waals surface area contributed by atoms with E-state index in [0.717, 1.165) is 19.6 Å². The van der Waals surface area contributed by atoms with Gasteiger partial charge in [0.15, 0.2) is 0 Å². The molecule has 0 radical (unpaired) electrons. The monoisotopic (exact) mass is 260 g/mol. The first-order valence-corrected chi connectivity index (χ1v) is 7.46. The Bertz CT molecular complexity index is 437. The normalized spacial score (nSPS) is 23.5. The Hall–Kier alpha value is -0.860. The van der Waals surface area contributed by atoms with Gasteiger partial charge < -0.3 is 5.32 Å². The molecule has 1 N–H and O–H groups in total. The number of hydrogen-bond acceptors (Lipinski definition) is 2. The first-order valence-electron chi connectivity index (χ1n) is 7.46. The Balaban J connectivity index is 2.16. The van der Waals surface area contributed by atoms with Crippen LogP contribution in [0.15, 0.2) is 18.2 Å². The zero-order valence-corrected chi connectivity index (χ0v) is 13.1. The second kappa shape index (κ2) is 5.64. The van der Waals surface area contributed by atoms with E-state index in [0.29, 0.717) is 6.04 Å². The van der Waals surface area contributed by atoms with Gasteiger partial charge in [0.05, 0.1) is 0 Å². The van der Waals surface area contributed by atoms with Crippen LogP contribution in [-0.2, 0) is 6.54 Å². The third-order valence-electron chi connectivity index (χ3n) is 4.28. The van der Waals surface area contributed by atoms with E-state index in [1.807, 2.05) is 0 Å². The van der Waals surface area contributed by atoms with Gasteiger partial charge in [-0.3, -0.25) is 4.90 Å². The van der Waals surface area contributed by atoms with Crippen LogP contribution in [0, 0.1) is 13.8 Å². The number of piperazine rings is 1. The topological polar surface area (TPSA) is 15.3 Å². The summed E-state index contributed by atoms with van der Waals surface area (Å²) in [6, 6.07) is 7.46. The number of hydrogen-bond donors (Lipinski definition) is 1. The van der Waals surface area contributed by atoms with Gasteiger partial charge in [-0.15, -0.1) is 0 Å². The first-order chi connectivity index (χ1) is 8.91. The van der Waals surface area contributed by atoms with Gasteiger partial charge in [-0.25, -0.2) is 0 Å². The lowest BCUT2D eigenvalue weighted by Crippen LogP contribution is -2.61. The molecule has 0 bridgehead atoms. The fourth-order valence-corrected chi connectivity index (χ4v) is 2.99. The van der Waals surface area contributed by atoms with Crippen LogP contribution in [0.2, 0.25) is 0 Å². The van der Waals surface area contributed by atoms with Gasteiger partial charge in [0, 0.05) is 31.2 Å². The smallest absolute Gasteiger partial charge is 0.0253 e. The quantitative estimate of drug-likeness (QED) is 0.897. The van der Waals surface area contributed by atoms with Crippen molar-refractivity contribution < 1.29 is 0 Å². The zero-order valence-electron chi connectivity index (χ0n) is 13.1. The van der Waals surface area contributed by atoms with Gasteiger partial charge in [-0.2, -0.15) is 0 Å². The Kier molecular flexibility index (Phi) is 4.32. The van der Waals surface area contributed by atoms with Crippen LogP contribution in [-0.4, -0.2) is 29.6 Å². The fraction of sp³-hybridized carbons (Fsp3) is 0.647. The van der Waals surface area contributed by atoms with Crippen LogP contribution < -0.4 is 5.32 Å². The number of aryl methyl sites for hydroxylation is 2. The molecule has 1 aliphatic rings. The van der Waals surface area contributed by atoms with Crippen LogP contribution >= 0.6 is 0 Å². The average molecular weight is 260 g/mol. The average Bonchev–Trinajstić information content (AvgIpc) is 2.33. The minimum atomic E-state index is 0.226. The summed E-state index contributed by atoms with van der Waals surface area (Å²) in [6.07, 6.45) is 1.22. The van der Waals surface area contributed by atoms with Crippen molar-refractivity contribution >= 4 is 0 Å². The fourth-order valence-electron chi connectivity index (χ4n) is 2.99. The maximum absolute atomic E-state index is 3.66. The molecule has 1 heterocycles. The molecule has 0 amide bonds. The molecule has 2 nitrogen and oxygen atoms in total. The Morgan fingerprint density at radius 3 is 2.74 bits per heavy atom. The molecule has 1 fully saturated rings. The second-order valence-electron chi connectivity index (χ2n) is 6.66. The molecule has 0 aliphatic carbocycles. The van der Waals surface area contributed by atoms with Crippen molar-refractivity contribution in [2.24, 2.45) is 0 Å². The Morgan fingerprint density at radius 1 is 1.32 bits per heavy atom. The molecular weight excluding hydrogens is 232 g/mol. The molecule has 1 unspecified atom stereocenters. The molecule has 1 atom stereocenters. The lowest BCUT2D eigenvalue weighted by atomic mass is 9.96. The van der Waals surface area contributed by atoms with Gasteiger partial charge in [-0.1, -0.05) is 30.7 Å². The summed E-state index contributed by atoms with van der Waals surface area (Å²) in [4.78, 5) is 2.65. The zero-order chi connectivity index (χ0) is 14.0. The summed E-state index contributed by atoms with van der Waals surface area (Å²) in [5, 5.41) is 3.66. The van der Waals surface area contributed by atoms with Crippen molar-refractivity contribution in [2.45, 2.75) is 59.2 Å². The summed E-state index contributed by atoms with van der Waals surface area (Å²) in [6.45, 7) is 14.6. The lowest BCUT2D eigenvalue weighted by molar-refractivity contribution is 0.0856. The highest BCUT2D eigenvalue weighted by Gasteiger charge is 2.31. The molecule has 1 saturated heterocycles. The highest BCUT2D eigenvalue weighted by atomic mass is 15.2. The van der Waals surface area contributed by atoms with Gasteiger partial charge in [0.1, 0.15) is 0 Å². The molecule has 0 aromatic heterocycles.